The van der Waals surface area contributed by atoms with Gasteiger partial charge < -0.3 is 10.2 Å². The maximum Gasteiger partial charge on any atom is 0.243 e. The van der Waals surface area contributed by atoms with Crippen molar-refractivity contribution in [2.45, 2.75) is 39.3 Å². The first kappa shape index (κ1) is 27.1. The molecular formula is C28H29Cl3N2O2. The van der Waals surface area contributed by atoms with Gasteiger partial charge in [0.2, 0.25) is 11.8 Å². The number of hydrogen-bond donors (Lipinski definition) is 1. The van der Waals surface area contributed by atoms with Gasteiger partial charge in [-0.2, -0.15) is 0 Å². The standard InChI is InChI=1S/C28H29Cl3N2O2/c1-19(2)17-32-28(35)26(15-20-7-4-3-5-8-20)33(18-21-11-13-22(29)14-12-21)27(34)16-23-24(30)9-6-10-25(23)31/h3-14,19,26H,15-18H2,1-2H3,(H,32,35). The van der Waals surface area contributed by atoms with Crippen molar-refractivity contribution in [1.29, 1.82) is 0 Å². The van der Waals surface area contributed by atoms with Crippen LogP contribution in [0, 0.1) is 5.92 Å². The Labute approximate surface area is 222 Å². The van der Waals surface area contributed by atoms with E-state index in [2.05, 4.69) is 5.32 Å². The van der Waals surface area contributed by atoms with Gasteiger partial charge in [-0.25, -0.2) is 0 Å². The minimum absolute atomic E-state index is 0.0190. The summed E-state index contributed by atoms with van der Waals surface area (Å²) in [4.78, 5) is 28.8. The Hall–Kier alpha value is -2.53. The molecular weight excluding hydrogens is 503 g/mol. The maximum atomic E-state index is 13.8. The van der Waals surface area contributed by atoms with Crippen LogP contribution in [-0.2, 0) is 29.0 Å². The first-order chi connectivity index (χ1) is 16.7. The summed E-state index contributed by atoms with van der Waals surface area (Å²) >= 11 is 18.8. The highest BCUT2D eigenvalue weighted by Crippen LogP contribution is 2.26. The topological polar surface area (TPSA) is 49.4 Å². The largest absolute Gasteiger partial charge is 0.354 e. The monoisotopic (exact) mass is 530 g/mol. The summed E-state index contributed by atoms with van der Waals surface area (Å²) in [5.41, 5.74) is 2.37. The van der Waals surface area contributed by atoms with Crippen LogP contribution in [0.1, 0.15) is 30.5 Å². The molecule has 0 saturated carbocycles. The predicted octanol–water partition coefficient (Wildman–Crippen LogP) is 6.60. The van der Waals surface area contributed by atoms with Crippen LogP contribution in [0.3, 0.4) is 0 Å². The van der Waals surface area contributed by atoms with Crippen molar-refractivity contribution in [3.63, 3.8) is 0 Å². The van der Waals surface area contributed by atoms with Crippen LogP contribution < -0.4 is 5.32 Å². The first-order valence-electron chi connectivity index (χ1n) is 11.5. The summed E-state index contributed by atoms with van der Waals surface area (Å²) in [6.45, 7) is 4.82. The van der Waals surface area contributed by atoms with Crippen LogP contribution in [-0.4, -0.2) is 29.3 Å². The second kappa shape index (κ2) is 13.0. The van der Waals surface area contributed by atoms with E-state index in [0.717, 1.165) is 11.1 Å². The lowest BCUT2D eigenvalue weighted by molar-refractivity contribution is -0.140. The van der Waals surface area contributed by atoms with E-state index in [1.54, 1.807) is 35.2 Å². The van der Waals surface area contributed by atoms with Gasteiger partial charge >= 0.3 is 0 Å². The fourth-order valence-corrected chi connectivity index (χ4v) is 4.37. The first-order valence-corrected chi connectivity index (χ1v) is 12.7. The van der Waals surface area contributed by atoms with Gasteiger partial charge in [0.1, 0.15) is 6.04 Å². The Bertz CT molecular complexity index is 1110. The second-order valence-electron chi connectivity index (χ2n) is 8.87. The van der Waals surface area contributed by atoms with E-state index in [9.17, 15) is 9.59 Å². The molecule has 1 N–H and O–H groups in total. The van der Waals surface area contributed by atoms with Gasteiger partial charge in [-0.15, -0.1) is 0 Å². The van der Waals surface area contributed by atoms with Gasteiger partial charge in [-0.1, -0.05) is 97.2 Å². The smallest absolute Gasteiger partial charge is 0.243 e. The van der Waals surface area contributed by atoms with Crippen molar-refractivity contribution in [2.24, 2.45) is 5.92 Å². The number of hydrogen-bond acceptors (Lipinski definition) is 2. The van der Waals surface area contributed by atoms with Crippen LogP contribution >= 0.6 is 34.8 Å². The zero-order valence-corrected chi connectivity index (χ0v) is 22.1. The number of carbonyl (C=O) groups is 2. The Morgan fingerprint density at radius 2 is 1.46 bits per heavy atom. The van der Waals surface area contributed by atoms with Crippen LogP contribution in [0.15, 0.2) is 72.8 Å². The molecule has 3 aromatic rings. The van der Waals surface area contributed by atoms with E-state index in [1.807, 2.05) is 56.3 Å². The molecule has 0 fully saturated rings. The summed E-state index contributed by atoms with van der Waals surface area (Å²) in [6.07, 6.45) is 0.356. The molecule has 3 aromatic carbocycles. The molecule has 0 spiro atoms. The SMILES string of the molecule is CC(C)CNC(=O)C(Cc1ccccc1)N(Cc1ccc(Cl)cc1)C(=O)Cc1c(Cl)cccc1Cl. The van der Waals surface area contributed by atoms with Gasteiger partial charge in [-0.3, -0.25) is 9.59 Å². The lowest BCUT2D eigenvalue weighted by atomic mass is 10.0. The number of carbonyl (C=O) groups excluding carboxylic acids is 2. The lowest BCUT2D eigenvalue weighted by Crippen LogP contribution is -2.51. The second-order valence-corrected chi connectivity index (χ2v) is 10.1. The van der Waals surface area contributed by atoms with Crippen LogP contribution in [0.2, 0.25) is 15.1 Å². The van der Waals surface area contributed by atoms with Crippen molar-refractivity contribution < 1.29 is 9.59 Å². The summed E-state index contributed by atoms with van der Waals surface area (Å²) in [7, 11) is 0. The molecule has 4 nitrogen and oxygen atoms in total. The summed E-state index contributed by atoms with van der Waals surface area (Å²) in [5, 5.41) is 4.45. The highest BCUT2D eigenvalue weighted by Gasteiger charge is 2.31. The normalized spacial score (nSPS) is 11.8. The van der Waals surface area contributed by atoms with Crippen molar-refractivity contribution in [2.75, 3.05) is 6.54 Å². The van der Waals surface area contributed by atoms with Crippen molar-refractivity contribution in [1.82, 2.24) is 10.2 Å². The predicted molar refractivity (Wildman–Crippen MR) is 144 cm³/mol. The van der Waals surface area contributed by atoms with Crippen LogP contribution in [0.25, 0.3) is 0 Å². The van der Waals surface area contributed by atoms with E-state index in [1.165, 1.54) is 0 Å². The van der Waals surface area contributed by atoms with Crippen LogP contribution in [0.5, 0.6) is 0 Å². The number of halogens is 3. The average molecular weight is 532 g/mol. The van der Waals surface area contributed by atoms with Crippen molar-refractivity contribution in [3.05, 3.63) is 105 Å². The van der Waals surface area contributed by atoms with E-state index < -0.39 is 6.04 Å². The van der Waals surface area contributed by atoms with Gasteiger partial charge in [0.15, 0.2) is 0 Å². The Morgan fingerprint density at radius 3 is 2.06 bits per heavy atom. The zero-order chi connectivity index (χ0) is 25.4. The van der Waals surface area contributed by atoms with E-state index in [4.69, 9.17) is 34.8 Å². The molecule has 0 aliphatic carbocycles. The molecule has 0 heterocycles. The molecule has 1 unspecified atom stereocenters. The fraction of sp³-hybridized carbons (Fsp3) is 0.286. The van der Waals surface area contributed by atoms with Crippen molar-refractivity contribution in [3.8, 4) is 0 Å². The molecule has 184 valence electrons. The maximum absolute atomic E-state index is 13.8. The van der Waals surface area contributed by atoms with Gasteiger partial charge in [-0.05, 0) is 46.9 Å². The van der Waals surface area contributed by atoms with Crippen LogP contribution in [0.4, 0.5) is 0 Å². The highest BCUT2D eigenvalue weighted by molar-refractivity contribution is 6.36. The molecule has 7 heteroatoms. The summed E-state index contributed by atoms with van der Waals surface area (Å²) in [5.74, 6) is -0.163. The molecule has 35 heavy (non-hydrogen) atoms. The molecule has 0 saturated heterocycles. The minimum atomic E-state index is -0.722. The molecule has 1 atom stereocenters. The highest BCUT2D eigenvalue weighted by atomic mass is 35.5. The number of rotatable bonds is 10. The summed E-state index contributed by atoms with van der Waals surface area (Å²) in [6, 6.07) is 21.4. The molecule has 0 aliphatic rings. The average Bonchev–Trinajstić information content (AvgIpc) is 2.84. The quantitative estimate of drug-likeness (QED) is 0.320. The number of benzene rings is 3. The minimum Gasteiger partial charge on any atom is -0.354 e. The third kappa shape index (κ3) is 7.99. The number of nitrogens with one attached hydrogen (secondary N) is 1. The molecule has 0 aromatic heterocycles. The van der Waals surface area contributed by atoms with Gasteiger partial charge in [0.25, 0.3) is 0 Å². The molecule has 2 amide bonds. The Kier molecular flexibility index (Phi) is 10.0. The third-order valence-electron chi connectivity index (χ3n) is 5.61. The van der Waals surface area contributed by atoms with E-state index in [0.29, 0.717) is 33.6 Å². The number of amides is 2. The Morgan fingerprint density at radius 1 is 0.829 bits per heavy atom. The third-order valence-corrected chi connectivity index (χ3v) is 6.57. The zero-order valence-electron chi connectivity index (χ0n) is 19.8. The summed E-state index contributed by atoms with van der Waals surface area (Å²) < 4.78 is 0. The molecule has 3 rings (SSSR count). The molecule has 0 aliphatic heterocycles. The lowest BCUT2D eigenvalue weighted by Gasteiger charge is -2.32. The Balaban J connectivity index is 1.98. The van der Waals surface area contributed by atoms with Crippen molar-refractivity contribution >= 4 is 46.6 Å². The van der Waals surface area contributed by atoms with E-state index >= 15 is 0 Å². The molecule has 0 radical (unpaired) electrons. The van der Waals surface area contributed by atoms with E-state index in [-0.39, 0.29) is 30.7 Å². The number of nitrogens with zero attached hydrogens (tertiary/aromatic N) is 1. The fourth-order valence-electron chi connectivity index (χ4n) is 3.72. The van der Waals surface area contributed by atoms with Gasteiger partial charge in [0, 0.05) is 34.6 Å². The van der Waals surface area contributed by atoms with Gasteiger partial charge in [0.05, 0.1) is 6.42 Å². The molecule has 0 bridgehead atoms.